The number of nitrogens with zero attached hydrogens (tertiary/aromatic N) is 6. The van der Waals surface area contributed by atoms with Crippen molar-refractivity contribution in [1.29, 1.82) is 0 Å². The van der Waals surface area contributed by atoms with Gasteiger partial charge in [-0.3, -0.25) is 5.01 Å². The summed E-state index contributed by atoms with van der Waals surface area (Å²) in [7, 11) is 0. The van der Waals surface area contributed by atoms with Crippen molar-refractivity contribution < 1.29 is 0 Å². The predicted octanol–water partition coefficient (Wildman–Crippen LogP) is 4.21. The van der Waals surface area contributed by atoms with E-state index < -0.39 is 0 Å². The van der Waals surface area contributed by atoms with Crippen LogP contribution in [0.15, 0.2) is 6.33 Å². The molecular weight excluding hydrogens is 348 g/mol. The summed E-state index contributed by atoms with van der Waals surface area (Å²) in [6.07, 6.45) is 13.4. The van der Waals surface area contributed by atoms with Crippen LogP contribution in [-0.4, -0.2) is 44.2 Å². The lowest BCUT2D eigenvalue weighted by Crippen LogP contribution is -2.47. The molecule has 26 heavy (non-hydrogen) atoms. The number of piperidine rings is 1. The first kappa shape index (κ1) is 16.8. The molecule has 0 atom stereocenters. The molecule has 3 aliphatic rings. The Morgan fingerprint density at radius 3 is 2.50 bits per heavy atom. The molecule has 0 bridgehead atoms. The lowest BCUT2D eigenvalue weighted by molar-refractivity contribution is 0.204. The van der Waals surface area contributed by atoms with Crippen molar-refractivity contribution in [3.05, 3.63) is 11.6 Å². The van der Waals surface area contributed by atoms with Crippen LogP contribution < -0.4 is 5.01 Å². The number of hydrogen-bond acceptors (Lipinski definition) is 5. The standard InChI is InChI=1S/C19H27ClN6/c20-19-22-17-16(21-13-25(17)15-6-2-3-7-15)18(23-19)26(12-14-8-9-14)24-10-4-1-5-11-24/h13-15H,1-12H2. The van der Waals surface area contributed by atoms with E-state index in [-0.39, 0.29) is 0 Å². The fourth-order valence-corrected chi connectivity index (χ4v) is 4.67. The van der Waals surface area contributed by atoms with Crippen molar-refractivity contribution in [3.8, 4) is 0 Å². The van der Waals surface area contributed by atoms with Crippen molar-refractivity contribution in [3.63, 3.8) is 0 Å². The maximum Gasteiger partial charge on any atom is 0.226 e. The quantitative estimate of drug-likeness (QED) is 0.733. The first-order chi connectivity index (χ1) is 12.8. The Morgan fingerprint density at radius 1 is 1.00 bits per heavy atom. The number of anilines is 1. The van der Waals surface area contributed by atoms with E-state index in [9.17, 15) is 0 Å². The van der Waals surface area contributed by atoms with E-state index in [2.05, 4.69) is 24.6 Å². The molecule has 2 aromatic heterocycles. The highest BCUT2D eigenvalue weighted by Crippen LogP contribution is 2.36. The number of rotatable bonds is 5. The molecule has 2 aliphatic carbocycles. The van der Waals surface area contributed by atoms with Gasteiger partial charge < -0.3 is 4.57 Å². The molecule has 0 aromatic carbocycles. The van der Waals surface area contributed by atoms with Crippen LogP contribution >= 0.6 is 11.6 Å². The van der Waals surface area contributed by atoms with Gasteiger partial charge in [-0.2, -0.15) is 9.97 Å². The van der Waals surface area contributed by atoms with Gasteiger partial charge in [0.1, 0.15) is 0 Å². The second kappa shape index (κ2) is 6.97. The molecule has 2 saturated carbocycles. The Bertz CT molecular complexity index is 774. The molecule has 6 nitrogen and oxygen atoms in total. The number of fused-ring (bicyclic) bond motifs is 1. The van der Waals surface area contributed by atoms with Crippen molar-refractivity contribution in [2.75, 3.05) is 24.6 Å². The lowest BCUT2D eigenvalue weighted by atomic mass is 10.1. The zero-order chi connectivity index (χ0) is 17.5. The molecule has 1 aliphatic heterocycles. The normalized spacial score (nSPS) is 22.3. The third kappa shape index (κ3) is 3.18. The largest absolute Gasteiger partial charge is 0.312 e. The summed E-state index contributed by atoms with van der Waals surface area (Å²) in [6, 6.07) is 0.505. The molecule has 3 heterocycles. The van der Waals surface area contributed by atoms with Crippen LogP contribution in [0.1, 0.15) is 63.8 Å². The first-order valence-corrected chi connectivity index (χ1v) is 10.6. The van der Waals surface area contributed by atoms with Crippen molar-refractivity contribution in [1.82, 2.24) is 24.5 Å². The molecule has 7 heteroatoms. The van der Waals surface area contributed by atoms with Gasteiger partial charge in [-0.15, -0.1) is 0 Å². The highest BCUT2D eigenvalue weighted by atomic mass is 35.5. The summed E-state index contributed by atoms with van der Waals surface area (Å²) < 4.78 is 2.24. The topological polar surface area (TPSA) is 50.1 Å². The summed E-state index contributed by atoms with van der Waals surface area (Å²) in [5.41, 5.74) is 1.82. The number of aromatic nitrogens is 4. The number of hydrazine groups is 1. The van der Waals surface area contributed by atoms with Crippen LogP contribution in [0, 0.1) is 5.92 Å². The van der Waals surface area contributed by atoms with E-state index in [1.54, 1.807) is 0 Å². The highest BCUT2D eigenvalue weighted by Gasteiger charge is 2.31. The number of halogens is 1. The minimum atomic E-state index is 0.338. The third-order valence-electron chi connectivity index (χ3n) is 6.14. The zero-order valence-electron chi connectivity index (χ0n) is 15.3. The summed E-state index contributed by atoms with van der Waals surface area (Å²) in [5.74, 6) is 1.68. The van der Waals surface area contributed by atoms with E-state index >= 15 is 0 Å². The van der Waals surface area contributed by atoms with E-state index in [0.717, 1.165) is 42.5 Å². The molecule has 3 fully saturated rings. The van der Waals surface area contributed by atoms with E-state index in [4.69, 9.17) is 16.6 Å². The fourth-order valence-electron chi connectivity index (χ4n) is 4.50. The van der Waals surface area contributed by atoms with Crippen molar-refractivity contribution in [2.45, 2.75) is 63.8 Å². The van der Waals surface area contributed by atoms with Crippen LogP contribution in [0.3, 0.4) is 0 Å². The van der Waals surface area contributed by atoms with Gasteiger partial charge in [-0.05, 0) is 56.0 Å². The SMILES string of the molecule is Clc1nc(N(CC2CC2)N2CCCCC2)c2ncn(C3CCCC3)c2n1. The van der Waals surface area contributed by atoms with Gasteiger partial charge in [0, 0.05) is 25.7 Å². The van der Waals surface area contributed by atoms with Gasteiger partial charge >= 0.3 is 0 Å². The van der Waals surface area contributed by atoms with Crippen LogP contribution in [0.25, 0.3) is 11.2 Å². The van der Waals surface area contributed by atoms with Crippen LogP contribution in [0.4, 0.5) is 5.82 Å². The molecule has 140 valence electrons. The molecule has 1 saturated heterocycles. The second-order valence-electron chi connectivity index (χ2n) is 8.12. The first-order valence-electron chi connectivity index (χ1n) is 10.2. The molecule has 0 unspecified atom stereocenters. The van der Waals surface area contributed by atoms with Gasteiger partial charge in [0.2, 0.25) is 5.28 Å². The van der Waals surface area contributed by atoms with Gasteiger partial charge in [0.05, 0.1) is 6.33 Å². The Morgan fingerprint density at radius 2 is 1.77 bits per heavy atom. The Labute approximate surface area is 159 Å². The van der Waals surface area contributed by atoms with Gasteiger partial charge in [-0.1, -0.05) is 19.3 Å². The van der Waals surface area contributed by atoms with Crippen molar-refractivity contribution >= 4 is 28.6 Å². The molecule has 0 radical (unpaired) electrons. The van der Waals surface area contributed by atoms with E-state index in [1.165, 1.54) is 57.8 Å². The van der Waals surface area contributed by atoms with E-state index in [0.29, 0.717) is 11.3 Å². The van der Waals surface area contributed by atoms with Crippen molar-refractivity contribution in [2.24, 2.45) is 5.92 Å². The minimum Gasteiger partial charge on any atom is -0.312 e. The highest BCUT2D eigenvalue weighted by molar-refractivity contribution is 6.28. The summed E-state index contributed by atoms with van der Waals surface area (Å²) in [4.78, 5) is 14.0. The molecule has 0 N–H and O–H groups in total. The van der Waals surface area contributed by atoms with E-state index in [1.807, 2.05) is 6.33 Å². The van der Waals surface area contributed by atoms with Crippen LogP contribution in [-0.2, 0) is 0 Å². The summed E-state index contributed by atoms with van der Waals surface area (Å²) in [5, 5.41) is 5.18. The average Bonchev–Trinajstić information content (AvgIpc) is 3.14. The summed E-state index contributed by atoms with van der Waals surface area (Å²) in [6.45, 7) is 3.22. The lowest BCUT2D eigenvalue weighted by Gasteiger charge is -2.38. The predicted molar refractivity (Wildman–Crippen MR) is 103 cm³/mol. The minimum absolute atomic E-state index is 0.338. The monoisotopic (exact) mass is 374 g/mol. The average molecular weight is 375 g/mol. The molecule has 0 amide bonds. The Hall–Kier alpha value is -1.40. The number of imidazole rings is 1. The Balaban J connectivity index is 1.56. The maximum atomic E-state index is 6.39. The second-order valence-corrected chi connectivity index (χ2v) is 8.46. The molecule has 0 spiro atoms. The van der Waals surface area contributed by atoms with Gasteiger partial charge in [0.25, 0.3) is 0 Å². The molecule has 2 aromatic rings. The van der Waals surface area contributed by atoms with Gasteiger partial charge in [0.15, 0.2) is 17.0 Å². The number of hydrogen-bond donors (Lipinski definition) is 0. The molecule has 5 rings (SSSR count). The smallest absolute Gasteiger partial charge is 0.226 e. The molecular formula is C19H27ClN6. The third-order valence-corrected chi connectivity index (χ3v) is 6.31. The maximum absolute atomic E-state index is 6.39. The Kier molecular flexibility index (Phi) is 4.49. The van der Waals surface area contributed by atoms with Crippen LogP contribution in [0.2, 0.25) is 5.28 Å². The van der Waals surface area contributed by atoms with Gasteiger partial charge in [-0.25, -0.2) is 9.99 Å². The van der Waals surface area contributed by atoms with Crippen LogP contribution in [0.5, 0.6) is 0 Å². The fraction of sp³-hybridized carbons (Fsp3) is 0.737. The zero-order valence-corrected chi connectivity index (χ0v) is 16.0. The summed E-state index contributed by atoms with van der Waals surface area (Å²) >= 11 is 6.39.